The van der Waals surface area contributed by atoms with Crippen LogP contribution in [0.4, 0.5) is 0 Å². The van der Waals surface area contributed by atoms with E-state index < -0.39 is 7.82 Å². The Hall–Kier alpha value is 2.27. The fourth-order valence-corrected chi connectivity index (χ4v) is 0. The predicted molar refractivity (Wildman–Crippen MR) is 21.4 cm³/mol. The molecule has 0 aliphatic carbocycles. The first-order chi connectivity index (χ1) is 2.00. The van der Waals surface area contributed by atoms with Gasteiger partial charge in [-0.25, -0.2) is 4.57 Å². The second-order valence-electron chi connectivity index (χ2n) is 0.513. The van der Waals surface area contributed by atoms with E-state index in [1.54, 1.807) is 0 Å². The predicted octanol–water partition coefficient (Wildman–Crippen LogP) is -1.58. The van der Waals surface area contributed by atoms with Crippen LogP contribution in [0, 0.1) is 0 Å². The van der Waals surface area contributed by atoms with Crippen LogP contribution in [-0.2, 0) is 21.6 Å². The molecule has 0 saturated heterocycles. The number of hydrogen-bond donors (Lipinski definition) is 3. The Balaban J connectivity index is -0.0000000800. The maximum atomic E-state index is 8.88. The van der Waals surface area contributed by atoms with Crippen molar-refractivity contribution in [3.63, 3.8) is 0 Å². The molecule has 0 aromatic rings. The number of phosphoric acid groups is 1. The summed E-state index contributed by atoms with van der Waals surface area (Å²) in [6.07, 6.45) is 0. The van der Waals surface area contributed by atoms with E-state index in [0.29, 0.717) is 0 Å². The SMILES string of the molecule is O=P(O)(O)O.[Cu].[KH]. The van der Waals surface area contributed by atoms with Gasteiger partial charge in [-0.3, -0.25) is 0 Å². The van der Waals surface area contributed by atoms with Gasteiger partial charge in [-0.15, -0.1) is 0 Å². The van der Waals surface area contributed by atoms with Crippen LogP contribution in [-0.4, -0.2) is 66.1 Å². The normalized spacial score (nSPS) is 8.43. The summed E-state index contributed by atoms with van der Waals surface area (Å²) in [6, 6.07) is 0. The van der Waals surface area contributed by atoms with Gasteiger partial charge >= 0.3 is 59.2 Å². The maximum absolute atomic E-state index is 8.88. The summed E-state index contributed by atoms with van der Waals surface area (Å²) in [5.74, 6) is 0. The summed E-state index contributed by atoms with van der Waals surface area (Å²) >= 11 is 0. The molecule has 4 nitrogen and oxygen atoms in total. The Morgan fingerprint density at radius 1 is 1.14 bits per heavy atom. The van der Waals surface area contributed by atoms with Crippen LogP contribution in [0.2, 0.25) is 0 Å². The van der Waals surface area contributed by atoms with Crippen molar-refractivity contribution >= 4 is 59.2 Å². The van der Waals surface area contributed by atoms with Gasteiger partial charge in [-0.05, 0) is 0 Å². The summed E-state index contributed by atoms with van der Waals surface area (Å²) in [5, 5.41) is 0. The standard InChI is InChI=1S/Cu.K.H3O4P.H/c;;1-5(2,3)4;/h;;(H3,1,2,3,4);. The van der Waals surface area contributed by atoms with E-state index in [1.807, 2.05) is 0 Å². The van der Waals surface area contributed by atoms with Gasteiger partial charge in [0.2, 0.25) is 0 Å². The molecule has 0 aromatic carbocycles. The van der Waals surface area contributed by atoms with Gasteiger partial charge in [0.05, 0.1) is 0 Å². The Morgan fingerprint density at radius 3 is 1.14 bits per heavy atom. The average molecular weight is 202 g/mol. The van der Waals surface area contributed by atoms with E-state index in [-0.39, 0.29) is 68.5 Å². The van der Waals surface area contributed by atoms with Crippen molar-refractivity contribution in [1.82, 2.24) is 0 Å². The van der Waals surface area contributed by atoms with Gasteiger partial charge in [0.1, 0.15) is 0 Å². The van der Waals surface area contributed by atoms with E-state index in [0.717, 1.165) is 0 Å². The van der Waals surface area contributed by atoms with Gasteiger partial charge in [0.15, 0.2) is 0 Å². The molecule has 0 aliphatic heterocycles. The zero-order valence-electron chi connectivity index (χ0n) is 2.50. The molecule has 0 fully saturated rings. The molecule has 0 aliphatic rings. The fourth-order valence-electron chi connectivity index (χ4n) is 0. The molecule has 1 radical (unpaired) electrons. The molecule has 3 N–H and O–H groups in total. The van der Waals surface area contributed by atoms with Crippen molar-refractivity contribution in [2.24, 2.45) is 0 Å². The van der Waals surface area contributed by atoms with Crippen LogP contribution >= 0.6 is 7.82 Å². The Morgan fingerprint density at radius 2 is 1.14 bits per heavy atom. The first-order valence-corrected chi connectivity index (χ1v) is 2.35. The summed E-state index contributed by atoms with van der Waals surface area (Å²) in [7, 11) is -4.64. The Labute approximate surface area is 93.8 Å². The van der Waals surface area contributed by atoms with Crippen LogP contribution in [0.3, 0.4) is 0 Å². The van der Waals surface area contributed by atoms with Crippen molar-refractivity contribution in [3.8, 4) is 0 Å². The second-order valence-corrected chi connectivity index (χ2v) is 1.54. The third kappa shape index (κ3) is 63.2. The summed E-state index contributed by atoms with van der Waals surface area (Å²) < 4.78 is 8.88. The first kappa shape index (κ1) is 16.1. The number of rotatable bonds is 0. The Kier molecular flexibility index (Phi) is 14.7. The summed E-state index contributed by atoms with van der Waals surface area (Å²) in [5.41, 5.74) is 0. The second kappa shape index (κ2) is 6.39. The molecule has 0 aromatic heterocycles. The van der Waals surface area contributed by atoms with Crippen molar-refractivity contribution in [2.75, 3.05) is 0 Å². The van der Waals surface area contributed by atoms with Gasteiger partial charge in [-0.1, -0.05) is 0 Å². The van der Waals surface area contributed by atoms with E-state index in [2.05, 4.69) is 0 Å². The number of hydrogen-bond acceptors (Lipinski definition) is 1. The fraction of sp³-hybridized carbons (Fsp3) is 0. The van der Waals surface area contributed by atoms with E-state index in [1.165, 1.54) is 0 Å². The van der Waals surface area contributed by atoms with Crippen LogP contribution < -0.4 is 0 Å². The molecule has 0 heterocycles. The minimum absolute atomic E-state index is 0. The minimum atomic E-state index is -4.64. The molecule has 0 atom stereocenters. The molecule has 7 heavy (non-hydrogen) atoms. The zero-order valence-corrected chi connectivity index (χ0v) is 4.33. The van der Waals surface area contributed by atoms with Crippen molar-refractivity contribution in [2.45, 2.75) is 0 Å². The molecule has 0 spiro atoms. The third-order valence-corrected chi connectivity index (χ3v) is 0. The van der Waals surface area contributed by atoms with Gasteiger partial charge in [0.25, 0.3) is 0 Å². The monoisotopic (exact) mass is 201 g/mol. The molecule has 0 saturated carbocycles. The van der Waals surface area contributed by atoms with Crippen LogP contribution in [0.25, 0.3) is 0 Å². The van der Waals surface area contributed by atoms with Crippen LogP contribution in [0.1, 0.15) is 0 Å². The molecule has 45 valence electrons. The van der Waals surface area contributed by atoms with Gasteiger partial charge < -0.3 is 14.7 Å². The van der Waals surface area contributed by atoms with Crippen molar-refractivity contribution in [3.05, 3.63) is 0 Å². The molecule has 0 amide bonds. The zero-order chi connectivity index (χ0) is 4.50. The van der Waals surface area contributed by atoms with Crippen LogP contribution in [0.15, 0.2) is 0 Å². The van der Waals surface area contributed by atoms with Crippen LogP contribution in [0.5, 0.6) is 0 Å². The first-order valence-electron chi connectivity index (χ1n) is 0.783. The third-order valence-electron chi connectivity index (χ3n) is 0. The summed E-state index contributed by atoms with van der Waals surface area (Å²) in [6.45, 7) is 0. The molecular weight excluding hydrogens is 198 g/mol. The average Bonchev–Trinajstić information content (AvgIpc) is 0.722. The van der Waals surface area contributed by atoms with E-state index in [4.69, 9.17) is 19.2 Å². The van der Waals surface area contributed by atoms with Crippen molar-refractivity contribution in [1.29, 1.82) is 0 Å². The van der Waals surface area contributed by atoms with Gasteiger partial charge in [0, 0.05) is 17.1 Å². The topological polar surface area (TPSA) is 77.8 Å². The van der Waals surface area contributed by atoms with Crippen molar-refractivity contribution < 1.29 is 36.3 Å². The molecule has 0 rings (SSSR count). The molecule has 0 bridgehead atoms. The quantitative estimate of drug-likeness (QED) is 0.327. The molecular formula is H4CuKO4P. The van der Waals surface area contributed by atoms with E-state index >= 15 is 0 Å². The summed E-state index contributed by atoms with van der Waals surface area (Å²) in [4.78, 5) is 21.6. The molecule has 0 unspecified atom stereocenters. The van der Waals surface area contributed by atoms with E-state index in [9.17, 15) is 0 Å². The Bertz CT molecular complexity index is 57.8. The van der Waals surface area contributed by atoms with Gasteiger partial charge in [-0.2, -0.15) is 0 Å². The molecule has 7 heteroatoms.